The maximum atomic E-state index is 6.03. The molecular weight excluding hydrogens is 326 g/mol. The van der Waals surface area contributed by atoms with Gasteiger partial charge in [-0.2, -0.15) is 0 Å². The summed E-state index contributed by atoms with van der Waals surface area (Å²) in [5.41, 5.74) is 9.55. The Morgan fingerprint density at radius 2 is 1.86 bits per heavy atom. The van der Waals surface area contributed by atoms with Crippen LogP contribution < -0.4 is 10.5 Å². The molecule has 0 radical (unpaired) electrons. The molecule has 2 rings (SSSR count). The predicted octanol–water partition coefficient (Wildman–Crippen LogP) is 5.14. The van der Waals surface area contributed by atoms with Crippen molar-refractivity contribution < 1.29 is 4.74 Å². The lowest BCUT2D eigenvalue weighted by Gasteiger charge is -2.13. The molecule has 0 aliphatic heterocycles. The van der Waals surface area contributed by atoms with Crippen LogP contribution in [-0.2, 0) is 6.42 Å². The van der Waals surface area contributed by atoms with Crippen LogP contribution in [0.2, 0.25) is 0 Å². The highest BCUT2D eigenvalue weighted by atomic mass is 79.9. The first kappa shape index (κ1) is 16.1. The van der Waals surface area contributed by atoms with Gasteiger partial charge in [-0.3, -0.25) is 0 Å². The van der Waals surface area contributed by atoms with Crippen LogP contribution in [0.3, 0.4) is 0 Å². The zero-order valence-electron chi connectivity index (χ0n) is 12.8. The predicted molar refractivity (Wildman–Crippen MR) is 92.1 cm³/mol. The van der Waals surface area contributed by atoms with Gasteiger partial charge in [-0.1, -0.05) is 25.1 Å². The van der Waals surface area contributed by atoms with Gasteiger partial charge >= 0.3 is 0 Å². The van der Waals surface area contributed by atoms with Crippen LogP contribution in [0.5, 0.6) is 11.5 Å². The van der Waals surface area contributed by atoms with Gasteiger partial charge in [-0.05, 0) is 77.5 Å². The lowest BCUT2D eigenvalue weighted by Crippen LogP contribution is -2.21. The number of hydrogen-bond acceptors (Lipinski definition) is 2. The molecule has 3 heteroatoms. The molecule has 0 aromatic heterocycles. The van der Waals surface area contributed by atoms with Gasteiger partial charge in [0.15, 0.2) is 0 Å². The first-order valence-electron chi connectivity index (χ1n) is 7.28. The molecule has 2 aromatic carbocycles. The molecular formula is C18H22BrNO. The molecule has 0 saturated carbocycles. The molecule has 2 N–H and O–H groups in total. The van der Waals surface area contributed by atoms with Crippen LogP contribution in [0.15, 0.2) is 40.9 Å². The van der Waals surface area contributed by atoms with E-state index in [1.807, 2.05) is 6.07 Å². The van der Waals surface area contributed by atoms with Crippen LogP contribution in [0.1, 0.15) is 30.0 Å². The average molecular weight is 348 g/mol. The third-order valence-corrected chi connectivity index (χ3v) is 4.20. The summed E-state index contributed by atoms with van der Waals surface area (Å²) in [4.78, 5) is 0. The van der Waals surface area contributed by atoms with Crippen molar-refractivity contribution in [2.75, 3.05) is 0 Å². The van der Waals surface area contributed by atoms with Crippen molar-refractivity contribution in [2.45, 2.75) is 39.7 Å². The Morgan fingerprint density at radius 1 is 1.10 bits per heavy atom. The van der Waals surface area contributed by atoms with Crippen molar-refractivity contribution in [2.24, 2.45) is 5.73 Å². The van der Waals surface area contributed by atoms with Gasteiger partial charge in [0.2, 0.25) is 0 Å². The Hall–Kier alpha value is -1.32. The number of nitrogens with two attached hydrogens (primary N) is 1. The molecule has 0 fully saturated rings. The van der Waals surface area contributed by atoms with Gasteiger partial charge < -0.3 is 10.5 Å². The fourth-order valence-corrected chi connectivity index (χ4v) is 2.64. The third kappa shape index (κ3) is 4.32. The van der Waals surface area contributed by atoms with E-state index in [9.17, 15) is 0 Å². The number of hydrogen-bond donors (Lipinski definition) is 1. The van der Waals surface area contributed by atoms with E-state index in [-0.39, 0.29) is 6.04 Å². The van der Waals surface area contributed by atoms with Crippen molar-refractivity contribution in [3.05, 3.63) is 57.6 Å². The normalized spacial score (nSPS) is 12.2. The van der Waals surface area contributed by atoms with Gasteiger partial charge in [0.1, 0.15) is 11.5 Å². The molecule has 1 unspecified atom stereocenters. The van der Waals surface area contributed by atoms with Gasteiger partial charge in [0.25, 0.3) is 0 Å². The second-order valence-electron chi connectivity index (χ2n) is 5.51. The Bertz CT molecular complexity index is 625. The summed E-state index contributed by atoms with van der Waals surface area (Å²) in [6, 6.07) is 12.6. The Balaban J connectivity index is 2.19. The summed E-state index contributed by atoms with van der Waals surface area (Å²) in [5.74, 6) is 1.73. The smallest absolute Gasteiger partial charge is 0.141 e. The van der Waals surface area contributed by atoms with E-state index in [0.29, 0.717) is 0 Å². The van der Waals surface area contributed by atoms with Crippen LogP contribution in [0.25, 0.3) is 0 Å². The number of rotatable bonds is 5. The minimum atomic E-state index is 0.211. The molecule has 0 aliphatic rings. The zero-order chi connectivity index (χ0) is 15.4. The molecule has 0 bridgehead atoms. The zero-order valence-corrected chi connectivity index (χ0v) is 14.4. The number of halogens is 1. The molecule has 0 heterocycles. The van der Waals surface area contributed by atoms with E-state index in [2.05, 4.69) is 67.0 Å². The van der Waals surface area contributed by atoms with Crippen molar-refractivity contribution in [1.29, 1.82) is 0 Å². The third-order valence-electron chi connectivity index (χ3n) is 3.58. The average Bonchev–Trinajstić information content (AvgIpc) is 2.45. The summed E-state index contributed by atoms with van der Waals surface area (Å²) in [5, 5.41) is 0. The minimum absolute atomic E-state index is 0.211. The fraction of sp³-hybridized carbons (Fsp3) is 0.333. The van der Waals surface area contributed by atoms with Crippen LogP contribution >= 0.6 is 15.9 Å². The van der Waals surface area contributed by atoms with Crippen molar-refractivity contribution in [1.82, 2.24) is 0 Å². The van der Waals surface area contributed by atoms with E-state index in [4.69, 9.17) is 10.5 Å². The van der Waals surface area contributed by atoms with Gasteiger partial charge in [-0.25, -0.2) is 0 Å². The standard InChI is InChI=1S/C18H22BrNO/c1-4-15(20)10-14-7-8-17(16(19)11-14)21-18-9-12(2)5-6-13(18)3/h5-9,11,15H,4,10,20H2,1-3H3. The van der Waals surface area contributed by atoms with Crippen LogP contribution in [0, 0.1) is 13.8 Å². The van der Waals surface area contributed by atoms with Crippen LogP contribution in [-0.4, -0.2) is 6.04 Å². The summed E-state index contributed by atoms with van der Waals surface area (Å²) in [6.07, 6.45) is 1.87. The molecule has 1 atom stereocenters. The van der Waals surface area contributed by atoms with E-state index in [0.717, 1.165) is 34.4 Å². The van der Waals surface area contributed by atoms with E-state index < -0.39 is 0 Å². The van der Waals surface area contributed by atoms with Crippen molar-refractivity contribution >= 4 is 15.9 Å². The molecule has 2 nitrogen and oxygen atoms in total. The SMILES string of the molecule is CCC(N)Cc1ccc(Oc2cc(C)ccc2C)c(Br)c1. The minimum Gasteiger partial charge on any atom is -0.456 e. The highest BCUT2D eigenvalue weighted by molar-refractivity contribution is 9.10. The first-order chi connectivity index (χ1) is 9.99. The Labute approximate surface area is 135 Å². The summed E-state index contributed by atoms with van der Waals surface area (Å²) < 4.78 is 6.99. The fourth-order valence-electron chi connectivity index (χ4n) is 2.14. The number of aryl methyl sites for hydroxylation is 2. The highest BCUT2D eigenvalue weighted by Gasteiger charge is 2.08. The molecule has 0 spiro atoms. The molecule has 2 aromatic rings. The molecule has 0 saturated heterocycles. The largest absolute Gasteiger partial charge is 0.456 e. The summed E-state index contributed by atoms with van der Waals surface area (Å²) >= 11 is 3.59. The molecule has 0 amide bonds. The quantitative estimate of drug-likeness (QED) is 0.812. The summed E-state index contributed by atoms with van der Waals surface area (Å²) in [7, 11) is 0. The maximum Gasteiger partial charge on any atom is 0.141 e. The first-order valence-corrected chi connectivity index (χ1v) is 8.08. The molecule has 0 aliphatic carbocycles. The lowest BCUT2D eigenvalue weighted by molar-refractivity contribution is 0.475. The second kappa shape index (κ2) is 7.10. The number of benzene rings is 2. The summed E-state index contributed by atoms with van der Waals surface area (Å²) in [6.45, 7) is 6.23. The van der Waals surface area contributed by atoms with E-state index >= 15 is 0 Å². The van der Waals surface area contributed by atoms with Crippen molar-refractivity contribution in [3.63, 3.8) is 0 Å². The molecule has 112 valence electrons. The number of ether oxygens (including phenoxy) is 1. The highest BCUT2D eigenvalue weighted by Crippen LogP contribution is 2.32. The molecule has 21 heavy (non-hydrogen) atoms. The lowest BCUT2D eigenvalue weighted by atomic mass is 10.0. The van der Waals surface area contributed by atoms with Gasteiger partial charge in [-0.15, -0.1) is 0 Å². The maximum absolute atomic E-state index is 6.03. The monoisotopic (exact) mass is 347 g/mol. The van der Waals surface area contributed by atoms with Gasteiger partial charge in [0, 0.05) is 6.04 Å². The van der Waals surface area contributed by atoms with E-state index in [1.165, 1.54) is 11.1 Å². The van der Waals surface area contributed by atoms with Crippen molar-refractivity contribution in [3.8, 4) is 11.5 Å². The Morgan fingerprint density at radius 3 is 2.52 bits per heavy atom. The second-order valence-corrected chi connectivity index (χ2v) is 6.36. The van der Waals surface area contributed by atoms with Crippen LogP contribution in [0.4, 0.5) is 0 Å². The van der Waals surface area contributed by atoms with E-state index in [1.54, 1.807) is 0 Å². The topological polar surface area (TPSA) is 35.2 Å². The Kier molecular flexibility index (Phi) is 5.43. The van der Waals surface area contributed by atoms with Gasteiger partial charge in [0.05, 0.1) is 4.47 Å².